The number of nitrogens with zero attached hydrogens (tertiary/aromatic N) is 1. The summed E-state index contributed by atoms with van der Waals surface area (Å²) in [4.78, 5) is 25.9. The Labute approximate surface area is 124 Å². The molecule has 1 atom stereocenters. The Morgan fingerprint density at radius 1 is 1.38 bits per heavy atom. The highest BCUT2D eigenvalue weighted by Gasteiger charge is 2.44. The van der Waals surface area contributed by atoms with Crippen LogP contribution in [-0.4, -0.2) is 28.2 Å². The Morgan fingerprint density at radius 3 is 2.62 bits per heavy atom. The Bertz CT molecular complexity index is 585. The molecule has 0 bridgehead atoms. The molecule has 1 aliphatic heterocycles. The van der Waals surface area contributed by atoms with Gasteiger partial charge in [-0.3, -0.25) is 9.59 Å². The molecule has 0 spiro atoms. The van der Waals surface area contributed by atoms with E-state index in [1.807, 2.05) is 13.8 Å². The molecule has 5 nitrogen and oxygen atoms in total. The largest absolute Gasteiger partial charge is 0.503 e. The predicted molar refractivity (Wildman–Crippen MR) is 77.8 cm³/mol. The van der Waals surface area contributed by atoms with E-state index < -0.39 is 17.7 Å². The van der Waals surface area contributed by atoms with Gasteiger partial charge in [-0.05, 0) is 25.5 Å². The first-order valence-electron chi connectivity index (χ1n) is 7.34. The van der Waals surface area contributed by atoms with Crippen molar-refractivity contribution in [2.24, 2.45) is 0 Å². The number of rotatable bonds is 6. The van der Waals surface area contributed by atoms with Gasteiger partial charge in [0.25, 0.3) is 5.91 Å². The third-order valence-corrected chi connectivity index (χ3v) is 3.71. The lowest BCUT2D eigenvalue weighted by molar-refractivity contribution is -0.129. The third kappa shape index (κ3) is 2.73. The molecule has 0 radical (unpaired) electrons. The average molecular weight is 291 g/mol. The number of aliphatic hydroxyl groups is 1. The summed E-state index contributed by atoms with van der Waals surface area (Å²) in [6, 6.07) is 2.94. The van der Waals surface area contributed by atoms with Crippen LogP contribution in [0.5, 0.6) is 0 Å². The van der Waals surface area contributed by atoms with E-state index in [2.05, 4.69) is 0 Å². The first-order valence-corrected chi connectivity index (χ1v) is 7.34. The van der Waals surface area contributed by atoms with E-state index in [4.69, 9.17) is 4.42 Å². The SMILES string of the molecule is CCCCN1C(=O)C(O)=C(C(=O)CC)C1c1ccc(C)o1. The Morgan fingerprint density at radius 2 is 2.10 bits per heavy atom. The van der Waals surface area contributed by atoms with Crippen LogP contribution < -0.4 is 0 Å². The van der Waals surface area contributed by atoms with Crippen molar-refractivity contribution in [2.75, 3.05) is 6.54 Å². The molecule has 5 heteroatoms. The second-order valence-electron chi connectivity index (χ2n) is 5.24. The minimum Gasteiger partial charge on any atom is -0.503 e. The van der Waals surface area contributed by atoms with Crippen LogP contribution >= 0.6 is 0 Å². The summed E-state index contributed by atoms with van der Waals surface area (Å²) in [5, 5.41) is 10.1. The minimum atomic E-state index is -0.606. The van der Waals surface area contributed by atoms with Gasteiger partial charge in [-0.2, -0.15) is 0 Å². The van der Waals surface area contributed by atoms with Gasteiger partial charge in [-0.1, -0.05) is 20.3 Å². The van der Waals surface area contributed by atoms with Gasteiger partial charge >= 0.3 is 0 Å². The van der Waals surface area contributed by atoms with Crippen LogP contribution in [0.2, 0.25) is 0 Å². The monoisotopic (exact) mass is 291 g/mol. The van der Waals surface area contributed by atoms with Gasteiger partial charge in [0.05, 0.1) is 5.57 Å². The minimum absolute atomic E-state index is 0.160. The average Bonchev–Trinajstić information content (AvgIpc) is 2.99. The highest BCUT2D eigenvalue weighted by molar-refractivity contribution is 6.08. The first-order chi connectivity index (χ1) is 10.0. The van der Waals surface area contributed by atoms with E-state index in [1.54, 1.807) is 19.1 Å². The molecular formula is C16H21NO4. The number of carbonyl (C=O) groups excluding carboxylic acids is 2. The van der Waals surface area contributed by atoms with Gasteiger partial charge < -0.3 is 14.4 Å². The summed E-state index contributed by atoms with van der Waals surface area (Å²) in [5.74, 6) is 0.0931. The molecule has 1 aliphatic rings. The topological polar surface area (TPSA) is 70.8 Å². The van der Waals surface area contributed by atoms with Gasteiger partial charge in [-0.15, -0.1) is 0 Å². The zero-order valence-electron chi connectivity index (χ0n) is 12.7. The maximum atomic E-state index is 12.3. The Balaban J connectivity index is 2.45. The smallest absolute Gasteiger partial charge is 0.290 e. The van der Waals surface area contributed by atoms with Crippen LogP contribution in [-0.2, 0) is 9.59 Å². The summed E-state index contributed by atoms with van der Waals surface area (Å²) < 4.78 is 5.61. The van der Waals surface area contributed by atoms with Crippen molar-refractivity contribution < 1.29 is 19.1 Å². The maximum absolute atomic E-state index is 12.3. The van der Waals surface area contributed by atoms with Crippen molar-refractivity contribution in [1.29, 1.82) is 0 Å². The van der Waals surface area contributed by atoms with Gasteiger partial charge in [0.15, 0.2) is 11.5 Å². The van der Waals surface area contributed by atoms with Crippen LogP contribution in [0, 0.1) is 6.92 Å². The van der Waals surface area contributed by atoms with Crippen molar-refractivity contribution in [3.63, 3.8) is 0 Å². The molecular weight excluding hydrogens is 270 g/mol. The number of amides is 1. The van der Waals surface area contributed by atoms with E-state index in [0.717, 1.165) is 12.8 Å². The molecule has 1 aromatic rings. The van der Waals surface area contributed by atoms with E-state index in [1.165, 1.54) is 4.90 Å². The fourth-order valence-corrected chi connectivity index (χ4v) is 2.58. The number of hydrogen-bond acceptors (Lipinski definition) is 4. The van der Waals surface area contributed by atoms with Crippen LogP contribution in [0.3, 0.4) is 0 Å². The molecule has 1 N–H and O–H groups in total. The molecule has 114 valence electrons. The van der Waals surface area contributed by atoms with Crippen LogP contribution in [0.25, 0.3) is 0 Å². The fraction of sp³-hybridized carbons (Fsp3) is 0.500. The number of Topliss-reactive ketones (excluding diaryl/α,β-unsaturated/α-hetero) is 1. The zero-order valence-corrected chi connectivity index (χ0v) is 12.7. The number of unbranched alkanes of at least 4 members (excludes halogenated alkanes) is 1. The number of furan rings is 1. The third-order valence-electron chi connectivity index (χ3n) is 3.71. The summed E-state index contributed by atoms with van der Waals surface area (Å²) in [5.41, 5.74) is 0.160. The quantitative estimate of drug-likeness (QED) is 0.874. The molecule has 21 heavy (non-hydrogen) atoms. The molecule has 2 rings (SSSR count). The van der Waals surface area contributed by atoms with E-state index in [-0.39, 0.29) is 17.8 Å². The van der Waals surface area contributed by atoms with Crippen LogP contribution in [0.4, 0.5) is 0 Å². The summed E-state index contributed by atoms with van der Waals surface area (Å²) in [6.07, 6.45) is 1.97. The number of aliphatic hydroxyl groups excluding tert-OH is 1. The highest BCUT2D eigenvalue weighted by atomic mass is 16.3. The molecule has 0 saturated heterocycles. The lowest BCUT2D eigenvalue weighted by Gasteiger charge is -2.24. The summed E-state index contributed by atoms with van der Waals surface area (Å²) in [6.45, 7) is 6.04. The molecule has 2 heterocycles. The second-order valence-corrected chi connectivity index (χ2v) is 5.24. The lowest BCUT2D eigenvalue weighted by Crippen LogP contribution is -2.31. The fourth-order valence-electron chi connectivity index (χ4n) is 2.58. The molecule has 0 saturated carbocycles. The molecule has 0 aromatic carbocycles. The highest BCUT2D eigenvalue weighted by Crippen LogP contribution is 2.38. The Kier molecular flexibility index (Phi) is 4.50. The Hall–Kier alpha value is -2.04. The van der Waals surface area contributed by atoms with Crippen molar-refractivity contribution >= 4 is 11.7 Å². The number of ketones is 1. The molecule has 0 fully saturated rings. The lowest BCUT2D eigenvalue weighted by atomic mass is 9.99. The number of aryl methyl sites for hydroxylation is 1. The van der Waals surface area contributed by atoms with Gasteiger partial charge in [0.2, 0.25) is 0 Å². The number of carbonyl (C=O) groups is 2. The standard InChI is InChI=1S/C16H21NO4/c1-4-6-9-17-14(12-8-7-10(3)21-12)13(11(18)5-2)15(19)16(17)20/h7-8,14,19H,4-6,9H2,1-3H3. The van der Waals surface area contributed by atoms with Gasteiger partial charge in [-0.25, -0.2) is 0 Å². The van der Waals surface area contributed by atoms with E-state index in [0.29, 0.717) is 18.1 Å². The summed E-state index contributed by atoms with van der Waals surface area (Å²) in [7, 11) is 0. The second kappa shape index (κ2) is 6.16. The molecule has 1 amide bonds. The molecule has 1 unspecified atom stereocenters. The summed E-state index contributed by atoms with van der Waals surface area (Å²) >= 11 is 0. The molecule has 1 aromatic heterocycles. The van der Waals surface area contributed by atoms with Gasteiger partial charge in [0.1, 0.15) is 17.6 Å². The van der Waals surface area contributed by atoms with Gasteiger partial charge in [0, 0.05) is 13.0 Å². The van der Waals surface area contributed by atoms with Crippen molar-refractivity contribution in [3.05, 3.63) is 35.0 Å². The van der Waals surface area contributed by atoms with Crippen molar-refractivity contribution in [1.82, 2.24) is 4.90 Å². The maximum Gasteiger partial charge on any atom is 0.290 e. The van der Waals surface area contributed by atoms with E-state index in [9.17, 15) is 14.7 Å². The van der Waals surface area contributed by atoms with Crippen LogP contribution in [0.1, 0.15) is 50.7 Å². The van der Waals surface area contributed by atoms with Crippen molar-refractivity contribution in [2.45, 2.75) is 46.1 Å². The van der Waals surface area contributed by atoms with E-state index >= 15 is 0 Å². The number of hydrogen-bond donors (Lipinski definition) is 1. The first kappa shape index (κ1) is 15.4. The van der Waals surface area contributed by atoms with Crippen molar-refractivity contribution in [3.8, 4) is 0 Å². The zero-order chi connectivity index (χ0) is 15.6. The molecule has 0 aliphatic carbocycles. The van der Waals surface area contributed by atoms with Crippen LogP contribution in [0.15, 0.2) is 27.9 Å². The normalized spacial score (nSPS) is 18.7. The predicted octanol–water partition coefficient (Wildman–Crippen LogP) is 3.06.